The van der Waals surface area contributed by atoms with Gasteiger partial charge in [0, 0.05) is 6.20 Å². The van der Waals surface area contributed by atoms with E-state index in [-0.39, 0.29) is 5.91 Å². The van der Waals surface area contributed by atoms with Gasteiger partial charge in [-0.25, -0.2) is 0 Å². The second-order valence-electron chi connectivity index (χ2n) is 3.91. The number of hydrogen-bond acceptors (Lipinski definition) is 4. The highest BCUT2D eigenvalue weighted by atomic mass is 32.2. The van der Waals surface area contributed by atoms with Gasteiger partial charge in [-0.2, -0.15) is 0 Å². The van der Waals surface area contributed by atoms with Gasteiger partial charge in [-0.15, -0.1) is 11.8 Å². The molecule has 19 heavy (non-hydrogen) atoms. The summed E-state index contributed by atoms with van der Waals surface area (Å²) in [6.45, 7) is 3.54. The van der Waals surface area contributed by atoms with Gasteiger partial charge in [0.2, 0.25) is 5.91 Å². The maximum atomic E-state index is 11.6. The zero-order valence-electron chi connectivity index (χ0n) is 10.9. The lowest BCUT2D eigenvalue weighted by Gasteiger charge is -2.21. The topological polar surface area (TPSA) is 38.8 Å². The first kappa shape index (κ1) is 13.8. The highest BCUT2D eigenvalue weighted by Gasteiger charge is 2.14. The first-order chi connectivity index (χ1) is 9.31. The van der Waals surface area contributed by atoms with Gasteiger partial charge in [0.25, 0.3) is 0 Å². The van der Waals surface area contributed by atoms with E-state index in [1.807, 2.05) is 36.6 Å². The molecule has 0 N–H and O–H groups in total. The number of carbonyl (C=O) groups excluding carboxylic acids is 1. The number of ether oxygens (including phenoxy) is 2. The molecule has 0 saturated heterocycles. The summed E-state index contributed by atoms with van der Waals surface area (Å²) in [5.74, 6) is 2.08. The minimum atomic E-state index is 0.120. The van der Waals surface area contributed by atoms with Crippen LogP contribution in [0, 0.1) is 0 Å². The molecule has 1 aromatic carbocycles. The monoisotopic (exact) mass is 279 g/mol. The maximum Gasteiger partial charge on any atom is 0.236 e. The molecule has 4 nitrogen and oxygen atoms in total. The van der Waals surface area contributed by atoms with Gasteiger partial charge in [0.1, 0.15) is 6.61 Å². The molecule has 0 aromatic heterocycles. The molecule has 102 valence electrons. The van der Waals surface area contributed by atoms with Gasteiger partial charge < -0.3 is 14.4 Å². The van der Waals surface area contributed by atoms with E-state index in [1.165, 1.54) is 11.8 Å². The van der Waals surface area contributed by atoms with Crippen LogP contribution >= 0.6 is 11.8 Å². The lowest BCUT2D eigenvalue weighted by Crippen LogP contribution is -2.32. The normalized spacial score (nSPS) is 14.6. The largest absolute Gasteiger partial charge is 0.490 e. The van der Waals surface area contributed by atoms with Gasteiger partial charge in [-0.3, -0.25) is 4.79 Å². The van der Waals surface area contributed by atoms with Crippen molar-refractivity contribution >= 4 is 17.7 Å². The Bertz CT molecular complexity index is 462. The van der Waals surface area contributed by atoms with Crippen molar-refractivity contribution in [2.45, 2.75) is 6.92 Å². The first-order valence-electron chi connectivity index (χ1n) is 6.23. The molecule has 1 aliphatic heterocycles. The van der Waals surface area contributed by atoms with Crippen molar-refractivity contribution in [2.75, 3.05) is 25.5 Å². The Hall–Kier alpha value is -1.62. The number of rotatable bonds is 6. The molecule has 0 fully saturated rings. The highest BCUT2D eigenvalue weighted by Crippen LogP contribution is 2.26. The van der Waals surface area contributed by atoms with Gasteiger partial charge in [-0.1, -0.05) is 12.1 Å². The Labute approximate surface area is 117 Å². The van der Waals surface area contributed by atoms with Gasteiger partial charge in [-0.05, 0) is 24.5 Å². The Kier molecular flexibility index (Phi) is 5.15. The van der Waals surface area contributed by atoms with Crippen molar-refractivity contribution in [1.82, 2.24) is 4.90 Å². The fourth-order valence-corrected chi connectivity index (χ4v) is 2.34. The predicted molar refractivity (Wildman–Crippen MR) is 76.4 cm³/mol. The number of carbonyl (C=O) groups is 1. The summed E-state index contributed by atoms with van der Waals surface area (Å²) in [7, 11) is 0. The van der Waals surface area contributed by atoms with Crippen LogP contribution in [0.2, 0.25) is 0 Å². The van der Waals surface area contributed by atoms with Crippen LogP contribution in [0.5, 0.6) is 11.5 Å². The van der Waals surface area contributed by atoms with Crippen molar-refractivity contribution in [3.63, 3.8) is 0 Å². The molecule has 0 radical (unpaired) electrons. The SMILES string of the molecule is CCOc1ccccc1OCCN1C=CSCC1=O. The maximum absolute atomic E-state index is 11.6. The average Bonchev–Trinajstić information content (AvgIpc) is 2.43. The van der Waals surface area contributed by atoms with Gasteiger partial charge >= 0.3 is 0 Å². The fraction of sp³-hybridized carbons (Fsp3) is 0.357. The van der Waals surface area contributed by atoms with Crippen LogP contribution in [0.3, 0.4) is 0 Å². The number of thioether (sulfide) groups is 1. The molecule has 0 atom stereocenters. The lowest BCUT2D eigenvalue weighted by atomic mass is 10.3. The zero-order valence-corrected chi connectivity index (χ0v) is 11.7. The molecule has 5 heteroatoms. The Morgan fingerprint density at radius 3 is 2.68 bits per heavy atom. The highest BCUT2D eigenvalue weighted by molar-refractivity contribution is 8.02. The van der Waals surface area contributed by atoms with Gasteiger partial charge in [0.15, 0.2) is 11.5 Å². The van der Waals surface area contributed by atoms with E-state index in [0.29, 0.717) is 31.3 Å². The Morgan fingerprint density at radius 2 is 2.00 bits per heavy atom. The molecule has 0 saturated carbocycles. The summed E-state index contributed by atoms with van der Waals surface area (Å²) >= 11 is 1.51. The van der Waals surface area contributed by atoms with E-state index < -0.39 is 0 Å². The third-order valence-electron chi connectivity index (χ3n) is 2.60. The van der Waals surface area contributed by atoms with Crippen molar-refractivity contribution in [3.8, 4) is 11.5 Å². The molecule has 2 rings (SSSR count). The quantitative estimate of drug-likeness (QED) is 0.802. The Morgan fingerprint density at radius 1 is 1.26 bits per heavy atom. The van der Waals surface area contributed by atoms with Crippen LogP contribution < -0.4 is 9.47 Å². The molecule has 1 aliphatic rings. The molecular formula is C14H17NO3S. The predicted octanol–water partition coefficient (Wildman–Crippen LogP) is 2.51. The lowest BCUT2D eigenvalue weighted by molar-refractivity contribution is -0.126. The van der Waals surface area contributed by atoms with E-state index in [1.54, 1.807) is 11.1 Å². The minimum absolute atomic E-state index is 0.120. The summed E-state index contributed by atoms with van der Waals surface area (Å²) in [5, 5.41) is 1.93. The van der Waals surface area contributed by atoms with Gasteiger partial charge in [0.05, 0.1) is 18.9 Å². The molecule has 1 heterocycles. The van der Waals surface area contributed by atoms with Crippen LogP contribution in [0.4, 0.5) is 0 Å². The third-order valence-corrected chi connectivity index (χ3v) is 3.33. The fourth-order valence-electron chi connectivity index (χ4n) is 1.70. The van der Waals surface area contributed by atoms with Crippen molar-refractivity contribution in [3.05, 3.63) is 35.9 Å². The standard InChI is InChI=1S/C14H17NO3S/c1-2-17-12-5-3-4-6-13(12)18-9-7-15-8-10-19-11-14(15)16/h3-6,8,10H,2,7,9,11H2,1H3. The summed E-state index contributed by atoms with van der Waals surface area (Å²) in [6.07, 6.45) is 1.80. The van der Waals surface area contributed by atoms with E-state index in [0.717, 1.165) is 5.75 Å². The van der Waals surface area contributed by atoms with Crippen LogP contribution in [0.25, 0.3) is 0 Å². The third kappa shape index (κ3) is 3.92. The second-order valence-corrected chi connectivity index (χ2v) is 4.81. The molecule has 0 unspecified atom stereocenters. The van der Waals surface area contributed by atoms with Crippen molar-refractivity contribution in [1.29, 1.82) is 0 Å². The average molecular weight is 279 g/mol. The van der Waals surface area contributed by atoms with E-state index in [2.05, 4.69) is 0 Å². The second kappa shape index (κ2) is 7.09. The summed E-state index contributed by atoms with van der Waals surface area (Å²) in [6, 6.07) is 7.56. The summed E-state index contributed by atoms with van der Waals surface area (Å²) < 4.78 is 11.2. The minimum Gasteiger partial charge on any atom is -0.490 e. The summed E-state index contributed by atoms with van der Waals surface area (Å²) in [4.78, 5) is 13.3. The number of hydrogen-bond donors (Lipinski definition) is 0. The molecule has 0 bridgehead atoms. The van der Waals surface area contributed by atoms with Crippen LogP contribution in [-0.4, -0.2) is 36.3 Å². The van der Waals surface area contributed by atoms with Crippen molar-refractivity contribution < 1.29 is 14.3 Å². The number of nitrogens with zero attached hydrogens (tertiary/aromatic N) is 1. The first-order valence-corrected chi connectivity index (χ1v) is 7.28. The van der Waals surface area contributed by atoms with E-state index in [9.17, 15) is 4.79 Å². The Balaban J connectivity index is 1.87. The number of benzene rings is 1. The van der Waals surface area contributed by atoms with Crippen LogP contribution in [0.15, 0.2) is 35.9 Å². The molecular weight excluding hydrogens is 262 g/mol. The number of para-hydroxylation sites is 2. The molecule has 0 aliphatic carbocycles. The number of amides is 1. The zero-order chi connectivity index (χ0) is 13.5. The van der Waals surface area contributed by atoms with Crippen molar-refractivity contribution in [2.24, 2.45) is 0 Å². The van der Waals surface area contributed by atoms with E-state index in [4.69, 9.17) is 9.47 Å². The smallest absolute Gasteiger partial charge is 0.236 e. The summed E-state index contributed by atoms with van der Waals surface area (Å²) in [5.41, 5.74) is 0. The van der Waals surface area contributed by atoms with Crippen LogP contribution in [0.1, 0.15) is 6.92 Å². The molecule has 1 amide bonds. The molecule has 0 spiro atoms. The molecule has 1 aromatic rings. The van der Waals surface area contributed by atoms with Crippen LogP contribution in [-0.2, 0) is 4.79 Å². The van der Waals surface area contributed by atoms with E-state index >= 15 is 0 Å².